The zero-order valence-corrected chi connectivity index (χ0v) is 68.0. The average Bonchev–Trinajstić information content (AvgIpc) is 1.53. The van der Waals surface area contributed by atoms with Crippen LogP contribution in [0.4, 0.5) is 11.6 Å². The molecular weight excluding hydrogens is 1400 g/mol. The lowest BCUT2D eigenvalue weighted by Gasteiger charge is -2.30. The number of nitrogens with zero attached hydrogens (tertiary/aromatic N) is 12. The summed E-state index contributed by atoms with van der Waals surface area (Å²) >= 11 is 2.30. The SMILES string of the molecule is CCOC(=O)C1CCCC(c2cc(N(COCC[Si](C)(C)C)COCC[Si](C)(C)C)n3ncc(-c4cnn(C)c4)c3n2)C1.CCOC(=O)C1CCCC(c2cc(N(COCC[Si](C)(C)C)COCC[Si](C)(C)C)n3ncc(I)c3n2)C1.Cn1cc(C2OC(C)(C)C(C)(C)O2)cn1. The summed E-state index contributed by atoms with van der Waals surface area (Å²) in [5, 5.41) is 18.0. The largest absolute Gasteiger partial charge is 0.466 e. The number of fused-ring (bicyclic) bond motifs is 2. The number of aryl methyl sites for hydroxylation is 2. The van der Waals surface area contributed by atoms with E-state index in [9.17, 15) is 9.59 Å². The highest BCUT2D eigenvalue weighted by Crippen LogP contribution is 2.45. The topological polar surface area (TPSA) is 210 Å². The predicted octanol–water partition coefficient (Wildman–Crippen LogP) is 15.0. The molecule has 4 atom stereocenters. The van der Waals surface area contributed by atoms with Crippen molar-refractivity contribution in [3.05, 3.63) is 69.8 Å². The maximum Gasteiger partial charge on any atom is 0.308 e. The molecule has 9 rings (SSSR count). The fourth-order valence-corrected chi connectivity index (χ4v) is 15.0. The van der Waals surface area contributed by atoms with Crippen molar-refractivity contribution in [2.24, 2.45) is 25.9 Å². The van der Waals surface area contributed by atoms with E-state index in [0.717, 1.165) is 143 Å². The van der Waals surface area contributed by atoms with Gasteiger partial charge in [-0.2, -0.15) is 29.4 Å². The van der Waals surface area contributed by atoms with Crippen molar-refractivity contribution in [2.45, 2.75) is 225 Å². The lowest BCUT2D eigenvalue weighted by Crippen LogP contribution is -2.41. The van der Waals surface area contributed by atoms with Crippen molar-refractivity contribution in [1.29, 1.82) is 0 Å². The normalized spacial score (nSPS) is 19.2. The zero-order chi connectivity index (χ0) is 70.4. The molecule has 2 saturated carbocycles. The van der Waals surface area contributed by atoms with E-state index >= 15 is 0 Å². The minimum absolute atomic E-state index is 0.0648. The first-order valence-electron chi connectivity index (χ1n) is 34.9. The number of halogens is 1. The molecule has 6 aromatic rings. The summed E-state index contributed by atoms with van der Waals surface area (Å²) in [6, 6.07) is 8.70. The van der Waals surface area contributed by atoms with Gasteiger partial charge in [0.25, 0.3) is 0 Å². The molecule has 22 nitrogen and oxygen atoms in total. The summed E-state index contributed by atoms with van der Waals surface area (Å²) in [6.07, 6.45) is 18.2. The molecule has 1 aliphatic heterocycles. The van der Waals surface area contributed by atoms with Crippen LogP contribution in [0, 0.1) is 15.4 Å². The van der Waals surface area contributed by atoms with Crippen LogP contribution >= 0.6 is 22.6 Å². The first-order valence-corrected chi connectivity index (χ1v) is 50.8. The molecule has 0 N–H and O–H groups in total. The molecule has 0 spiro atoms. The van der Waals surface area contributed by atoms with Crippen molar-refractivity contribution < 1.29 is 47.5 Å². The first-order chi connectivity index (χ1) is 45.0. The smallest absolute Gasteiger partial charge is 0.308 e. The van der Waals surface area contributed by atoms with Gasteiger partial charge in [-0.25, -0.2) is 9.97 Å². The number of esters is 2. The summed E-state index contributed by atoms with van der Waals surface area (Å²) < 4.78 is 55.9. The van der Waals surface area contributed by atoms with Crippen LogP contribution in [0.3, 0.4) is 0 Å². The van der Waals surface area contributed by atoms with Gasteiger partial charge in [-0.05, 0) is 127 Å². The number of hydrogen-bond acceptors (Lipinski definition) is 18. The molecular formula is C69H117IN12O10Si4. The van der Waals surface area contributed by atoms with Crippen LogP contribution in [0.15, 0.2) is 49.3 Å². The number of carbonyl (C=O) groups excluding carboxylic acids is 2. The molecule has 0 bridgehead atoms. The summed E-state index contributed by atoms with van der Waals surface area (Å²) in [5.41, 5.74) is 5.87. The van der Waals surface area contributed by atoms with Gasteiger partial charge in [0.1, 0.15) is 38.6 Å². The Morgan fingerprint density at radius 2 is 0.948 bits per heavy atom. The number of rotatable bonds is 30. The Morgan fingerprint density at radius 1 is 0.552 bits per heavy atom. The minimum atomic E-state index is -1.23. The van der Waals surface area contributed by atoms with Gasteiger partial charge in [-0.1, -0.05) is 91.4 Å². The Hall–Kier alpha value is -4.44. The quantitative estimate of drug-likeness (QED) is 0.0135. The van der Waals surface area contributed by atoms with Crippen LogP contribution in [0.2, 0.25) is 103 Å². The van der Waals surface area contributed by atoms with E-state index in [1.54, 1.807) is 15.6 Å². The fourth-order valence-electron chi connectivity index (χ4n) is 11.5. The molecule has 0 amide bonds. The Morgan fingerprint density at radius 3 is 1.33 bits per heavy atom. The third-order valence-corrected chi connectivity index (χ3v) is 25.8. The molecule has 7 heterocycles. The molecule has 2 aliphatic carbocycles. The second-order valence-electron chi connectivity index (χ2n) is 32.1. The molecule has 536 valence electrons. The Balaban J connectivity index is 0.000000224. The summed E-state index contributed by atoms with van der Waals surface area (Å²) in [6.45, 7) is 45.7. The van der Waals surface area contributed by atoms with E-state index < -0.39 is 32.3 Å². The van der Waals surface area contributed by atoms with E-state index in [-0.39, 0.29) is 53.1 Å². The van der Waals surface area contributed by atoms with Crippen LogP contribution in [0.25, 0.3) is 22.4 Å². The fraction of sp³-hybridized carbons (Fsp3) is 0.710. The summed E-state index contributed by atoms with van der Waals surface area (Å²) in [4.78, 5) is 39.7. The van der Waals surface area contributed by atoms with Crippen LogP contribution in [-0.4, -0.2) is 171 Å². The Labute approximate surface area is 590 Å². The van der Waals surface area contributed by atoms with E-state index in [0.29, 0.717) is 53.4 Å². The van der Waals surface area contributed by atoms with Gasteiger partial charge < -0.3 is 47.7 Å². The van der Waals surface area contributed by atoms with Crippen LogP contribution in [-0.2, 0) is 61.6 Å². The molecule has 3 aliphatic rings. The summed E-state index contributed by atoms with van der Waals surface area (Å²) in [5.74, 6) is 1.81. The lowest BCUT2D eigenvalue weighted by molar-refractivity contribution is -0.150. The van der Waals surface area contributed by atoms with Crippen LogP contribution in [0.5, 0.6) is 0 Å². The molecule has 1 saturated heterocycles. The Kier molecular flexibility index (Phi) is 28.6. The van der Waals surface area contributed by atoms with Crippen molar-refractivity contribution in [3.63, 3.8) is 0 Å². The van der Waals surface area contributed by atoms with Gasteiger partial charge in [0.15, 0.2) is 17.6 Å². The van der Waals surface area contributed by atoms with Gasteiger partial charge in [-0.3, -0.25) is 19.0 Å². The molecule has 4 unspecified atom stereocenters. The van der Waals surface area contributed by atoms with Gasteiger partial charge >= 0.3 is 11.9 Å². The van der Waals surface area contributed by atoms with Crippen molar-refractivity contribution in [3.8, 4) is 11.1 Å². The van der Waals surface area contributed by atoms with Crippen LogP contribution in [0.1, 0.15) is 128 Å². The lowest BCUT2D eigenvalue weighted by atomic mass is 9.79. The zero-order valence-electron chi connectivity index (χ0n) is 61.9. The van der Waals surface area contributed by atoms with E-state index in [2.05, 4.69) is 138 Å². The maximum absolute atomic E-state index is 12.7. The number of ether oxygens (including phenoxy) is 8. The number of anilines is 2. The number of carbonyl (C=O) groups is 2. The first kappa shape index (κ1) is 78.9. The van der Waals surface area contributed by atoms with Crippen molar-refractivity contribution >= 4 is 89.8 Å². The van der Waals surface area contributed by atoms with Gasteiger partial charge in [0.2, 0.25) is 0 Å². The Bertz CT molecular complexity index is 3360. The molecule has 27 heteroatoms. The predicted molar refractivity (Wildman–Crippen MR) is 401 cm³/mol. The van der Waals surface area contributed by atoms with Gasteiger partial charge in [0.05, 0.1) is 64.6 Å². The molecule has 0 radical (unpaired) electrons. The molecule has 96 heavy (non-hydrogen) atoms. The number of hydrogen-bond donors (Lipinski definition) is 0. The minimum Gasteiger partial charge on any atom is -0.466 e. The molecule has 0 aromatic carbocycles. The molecule has 6 aromatic heterocycles. The average molecular weight is 1510 g/mol. The van der Waals surface area contributed by atoms with E-state index in [1.807, 2.05) is 95.7 Å². The van der Waals surface area contributed by atoms with Crippen LogP contribution < -0.4 is 9.80 Å². The maximum atomic E-state index is 12.7. The highest BCUT2D eigenvalue weighted by molar-refractivity contribution is 14.1. The second-order valence-corrected chi connectivity index (χ2v) is 55.8. The van der Waals surface area contributed by atoms with Crippen molar-refractivity contribution in [2.75, 3.05) is 76.4 Å². The second kappa shape index (κ2) is 34.8. The van der Waals surface area contributed by atoms with Gasteiger partial charge in [0, 0.05) is 137 Å². The monoisotopic (exact) mass is 1510 g/mol. The highest BCUT2D eigenvalue weighted by atomic mass is 127. The van der Waals surface area contributed by atoms with E-state index in [4.69, 9.17) is 53.0 Å². The standard InChI is InChI=1S/C31H52N6O4Si2.C27H47IN4O4Si2.C11H18N2O2/c1-9-41-31(38)25-12-10-11-24(17-25)28-18-29(37-30(34-28)27(20-33-37)26-19-32-35(2)21-26)36(22-39-13-15-42(3,4)5)23-40-14-16-43(6,7)8;1-8-36-27(33)22-11-9-10-21(16-22)24-17-25(32-26(30-24)23(28)18-29-32)31(19-34-12-14-37(2,3)4)20-35-13-15-38(5,6)7;1-10(2)11(3,4)15-9(14-10)8-6-12-13(5)7-8/h18-21,24-25H,9-17,22-23H2,1-8H3;17-18,21-22H,8-16,19-20H2,1-7H3;6-7,9H,1-5H3. The third-order valence-electron chi connectivity index (χ3n) is 18.2. The van der Waals surface area contributed by atoms with E-state index in [1.165, 1.54) is 0 Å². The highest BCUT2D eigenvalue weighted by Gasteiger charge is 2.50. The number of aromatic nitrogens is 10. The van der Waals surface area contributed by atoms with Crippen molar-refractivity contribution in [1.82, 2.24) is 48.8 Å². The summed E-state index contributed by atoms with van der Waals surface area (Å²) in [7, 11) is -1.05. The van der Waals surface area contributed by atoms with Gasteiger partial charge in [-0.15, -0.1) is 0 Å². The molecule has 3 fully saturated rings. The third kappa shape index (κ3) is 23.6.